The Morgan fingerprint density at radius 1 is 1.31 bits per heavy atom. The molecule has 1 saturated heterocycles. The van der Waals surface area contributed by atoms with Gasteiger partial charge in [0.2, 0.25) is 0 Å². The molecule has 0 spiro atoms. The van der Waals surface area contributed by atoms with Crippen molar-refractivity contribution in [2.75, 3.05) is 24.5 Å². The molecule has 16 heavy (non-hydrogen) atoms. The molecule has 0 saturated carbocycles. The minimum atomic E-state index is 0.829. The fourth-order valence-electron chi connectivity index (χ4n) is 2.22. The van der Waals surface area contributed by atoms with E-state index in [-0.39, 0.29) is 0 Å². The topological polar surface area (TPSA) is 15.3 Å². The van der Waals surface area contributed by atoms with Crippen LogP contribution < -0.4 is 10.2 Å². The van der Waals surface area contributed by atoms with Gasteiger partial charge in [0.25, 0.3) is 0 Å². The average molecular weight is 239 g/mol. The number of nitrogens with zero attached hydrogens (tertiary/aromatic N) is 1. The minimum absolute atomic E-state index is 0.829. The maximum atomic E-state index is 6.06. The lowest BCUT2D eigenvalue weighted by Crippen LogP contribution is -2.21. The SMILES string of the molecule is CCNCc1cc(Cl)ccc1N1CCCC1. The standard InChI is InChI=1S/C13H19ClN2/c1-2-15-10-11-9-12(14)5-6-13(11)16-7-3-4-8-16/h5-6,9,15H,2-4,7-8,10H2,1H3. The Bertz CT molecular complexity index is 346. The number of nitrogens with one attached hydrogen (secondary N) is 1. The van der Waals surface area contributed by atoms with Crippen molar-refractivity contribution in [3.63, 3.8) is 0 Å². The van der Waals surface area contributed by atoms with Crippen molar-refractivity contribution in [2.24, 2.45) is 0 Å². The van der Waals surface area contributed by atoms with Gasteiger partial charge in [-0.1, -0.05) is 18.5 Å². The van der Waals surface area contributed by atoms with Gasteiger partial charge in [0.15, 0.2) is 0 Å². The molecule has 0 radical (unpaired) electrons. The van der Waals surface area contributed by atoms with Gasteiger partial charge in [0.05, 0.1) is 0 Å². The van der Waals surface area contributed by atoms with Crippen molar-refractivity contribution < 1.29 is 0 Å². The van der Waals surface area contributed by atoms with Crippen LogP contribution in [-0.2, 0) is 6.54 Å². The first-order chi connectivity index (χ1) is 7.81. The normalized spacial score (nSPS) is 15.8. The molecule has 88 valence electrons. The van der Waals surface area contributed by atoms with Crippen molar-refractivity contribution in [3.8, 4) is 0 Å². The van der Waals surface area contributed by atoms with E-state index in [1.54, 1.807) is 0 Å². The smallest absolute Gasteiger partial charge is 0.0412 e. The molecular formula is C13H19ClN2. The largest absolute Gasteiger partial charge is 0.371 e. The van der Waals surface area contributed by atoms with Crippen molar-refractivity contribution in [2.45, 2.75) is 26.3 Å². The third-order valence-electron chi connectivity index (χ3n) is 3.05. The molecule has 0 aromatic heterocycles. The van der Waals surface area contributed by atoms with Gasteiger partial charge in [0.1, 0.15) is 0 Å². The van der Waals surface area contributed by atoms with Crippen LogP contribution in [-0.4, -0.2) is 19.6 Å². The Kier molecular flexibility index (Phi) is 4.08. The highest BCUT2D eigenvalue weighted by molar-refractivity contribution is 6.30. The number of hydrogen-bond acceptors (Lipinski definition) is 2. The van der Waals surface area contributed by atoms with E-state index in [0.29, 0.717) is 0 Å². The van der Waals surface area contributed by atoms with E-state index in [1.165, 1.54) is 37.2 Å². The van der Waals surface area contributed by atoms with E-state index in [4.69, 9.17) is 11.6 Å². The second kappa shape index (κ2) is 5.55. The summed E-state index contributed by atoms with van der Waals surface area (Å²) in [5.74, 6) is 0. The summed E-state index contributed by atoms with van der Waals surface area (Å²) >= 11 is 6.06. The molecule has 0 aliphatic carbocycles. The first kappa shape index (κ1) is 11.7. The van der Waals surface area contributed by atoms with E-state index in [9.17, 15) is 0 Å². The zero-order chi connectivity index (χ0) is 11.4. The molecule has 2 rings (SSSR count). The van der Waals surface area contributed by atoms with Crippen molar-refractivity contribution in [1.82, 2.24) is 5.32 Å². The summed E-state index contributed by atoms with van der Waals surface area (Å²) in [6.45, 7) is 6.39. The molecule has 0 unspecified atom stereocenters. The predicted molar refractivity (Wildman–Crippen MR) is 70.3 cm³/mol. The summed E-state index contributed by atoms with van der Waals surface area (Å²) < 4.78 is 0. The Labute approximate surface area is 103 Å². The highest BCUT2D eigenvalue weighted by Gasteiger charge is 2.15. The first-order valence-electron chi connectivity index (χ1n) is 6.05. The van der Waals surface area contributed by atoms with Crippen LogP contribution >= 0.6 is 11.6 Å². The minimum Gasteiger partial charge on any atom is -0.371 e. The Hall–Kier alpha value is -0.730. The van der Waals surface area contributed by atoms with E-state index < -0.39 is 0 Å². The molecule has 3 heteroatoms. The van der Waals surface area contributed by atoms with Crippen LogP contribution in [0.25, 0.3) is 0 Å². The van der Waals surface area contributed by atoms with Crippen molar-refractivity contribution >= 4 is 17.3 Å². The van der Waals surface area contributed by atoms with E-state index in [0.717, 1.165) is 18.1 Å². The summed E-state index contributed by atoms with van der Waals surface area (Å²) in [6.07, 6.45) is 2.62. The molecule has 1 aromatic carbocycles. The van der Waals surface area contributed by atoms with Crippen LogP contribution in [0.1, 0.15) is 25.3 Å². The summed E-state index contributed by atoms with van der Waals surface area (Å²) in [7, 11) is 0. The highest BCUT2D eigenvalue weighted by atomic mass is 35.5. The van der Waals surface area contributed by atoms with Crippen LogP contribution in [0.3, 0.4) is 0 Å². The number of benzene rings is 1. The molecule has 1 fully saturated rings. The fourth-order valence-corrected chi connectivity index (χ4v) is 2.42. The van der Waals surface area contributed by atoms with Crippen molar-refractivity contribution in [3.05, 3.63) is 28.8 Å². The summed E-state index contributed by atoms with van der Waals surface area (Å²) in [4.78, 5) is 2.46. The fraction of sp³-hybridized carbons (Fsp3) is 0.538. The average Bonchev–Trinajstić information content (AvgIpc) is 2.80. The second-order valence-electron chi connectivity index (χ2n) is 4.25. The van der Waals surface area contributed by atoms with Gasteiger partial charge in [-0.05, 0) is 43.1 Å². The molecule has 2 nitrogen and oxygen atoms in total. The van der Waals surface area contributed by atoms with Crippen LogP contribution in [0.4, 0.5) is 5.69 Å². The number of hydrogen-bond donors (Lipinski definition) is 1. The van der Waals surface area contributed by atoms with E-state index in [1.807, 2.05) is 6.07 Å². The van der Waals surface area contributed by atoms with Crippen LogP contribution in [0.15, 0.2) is 18.2 Å². The van der Waals surface area contributed by atoms with Crippen LogP contribution in [0.2, 0.25) is 5.02 Å². The summed E-state index contributed by atoms with van der Waals surface area (Å²) in [5, 5.41) is 4.20. The number of halogens is 1. The number of anilines is 1. The summed E-state index contributed by atoms with van der Waals surface area (Å²) in [5.41, 5.74) is 2.67. The number of rotatable bonds is 4. The Morgan fingerprint density at radius 2 is 2.06 bits per heavy atom. The van der Waals surface area contributed by atoms with Gasteiger partial charge in [-0.15, -0.1) is 0 Å². The van der Waals surface area contributed by atoms with Crippen molar-refractivity contribution in [1.29, 1.82) is 0 Å². The van der Waals surface area contributed by atoms with Gasteiger partial charge >= 0.3 is 0 Å². The lowest BCUT2D eigenvalue weighted by molar-refractivity contribution is 0.724. The van der Waals surface area contributed by atoms with Gasteiger partial charge in [-0.2, -0.15) is 0 Å². The molecule has 1 aliphatic rings. The maximum absolute atomic E-state index is 6.06. The summed E-state index contributed by atoms with van der Waals surface area (Å²) in [6, 6.07) is 6.23. The molecule has 1 aromatic rings. The third-order valence-corrected chi connectivity index (χ3v) is 3.29. The predicted octanol–water partition coefficient (Wildman–Crippen LogP) is 3.05. The van der Waals surface area contributed by atoms with Gasteiger partial charge in [-0.25, -0.2) is 0 Å². The van der Waals surface area contributed by atoms with Gasteiger partial charge in [-0.3, -0.25) is 0 Å². The molecule has 0 bridgehead atoms. The monoisotopic (exact) mass is 238 g/mol. The zero-order valence-electron chi connectivity index (χ0n) is 9.80. The first-order valence-corrected chi connectivity index (χ1v) is 6.43. The highest BCUT2D eigenvalue weighted by Crippen LogP contribution is 2.27. The molecule has 1 aliphatic heterocycles. The quantitative estimate of drug-likeness (QED) is 0.868. The zero-order valence-corrected chi connectivity index (χ0v) is 10.6. The molecule has 0 atom stereocenters. The van der Waals surface area contributed by atoms with Gasteiger partial charge < -0.3 is 10.2 Å². The third kappa shape index (κ3) is 2.69. The Balaban J connectivity index is 2.20. The lowest BCUT2D eigenvalue weighted by atomic mass is 10.1. The van der Waals surface area contributed by atoms with E-state index >= 15 is 0 Å². The molecule has 0 amide bonds. The van der Waals surface area contributed by atoms with Crippen LogP contribution in [0, 0.1) is 0 Å². The second-order valence-corrected chi connectivity index (χ2v) is 4.68. The maximum Gasteiger partial charge on any atom is 0.0412 e. The molecular weight excluding hydrogens is 220 g/mol. The van der Waals surface area contributed by atoms with E-state index in [2.05, 4.69) is 29.3 Å². The molecule has 1 N–H and O–H groups in total. The van der Waals surface area contributed by atoms with Crippen LogP contribution in [0.5, 0.6) is 0 Å². The Morgan fingerprint density at radius 3 is 2.75 bits per heavy atom. The lowest BCUT2D eigenvalue weighted by Gasteiger charge is -2.21. The molecule has 1 heterocycles. The van der Waals surface area contributed by atoms with Gasteiger partial charge in [0, 0.05) is 30.3 Å².